The zero-order chi connectivity index (χ0) is 9.84. The Morgan fingerprint density at radius 1 is 1.77 bits per heavy atom. The van der Waals surface area contributed by atoms with Crippen molar-refractivity contribution in [3.63, 3.8) is 0 Å². The van der Waals surface area contributed by atoms with Crippen LogP contribution in [0.25, 0.3) is 0 Å². The molecule has 13 heavy (non-hydrogen) atoms. The van der Waals surface area contributed by atoms with Crippen LogP contribution < -0.4 is 5.32 Å². The standard InChI is InChI=1S/C10H15NO2/c1-7-3-4-10(11-8(2)13)5-9(7)6-12/h3,5,10,12H,4,6H2,1-2H3,(H,11,13). The van der Waals surface area contributed by atoms with Gasteiger partial charge in [0.1, 0.15) is 0 Å². The molecule has 0 heterocycles. The van der Waals surface area contributed by atoms with Gasteiger partial charge in [-0.25, -0.2) is 0 Å². The fourth-order valence-electron chi connectivity index (χ4n) is 1.42. The predicted octanol–water partition coefficient (Wildman–Crippen LogP) is 0.760. The van der Waals surface area contributed by atoms with E-state index < -0.39 is 0 Å². The summed E-state index contributed by atoms with van der Waals surface area (Å²) in [7, 11) is 0. The molecule has 1 aliphatic carbocycles. The van der Waals surface area contributed by atoms with E-state index in [2.05, 4.69) is 5.32 Å². The zero-order valence-corrected chi connectivity index (χ0v) is 8.00. The first-order valence-corrected chi connectivity index (χ1v) is 4.39. The van der Waals surface area contributed by atoms with Gasteiger partial charge in [0.2, 0.25) is 5.91 Å². The van der Waals surface area contributed by atoms with E-state index in [0.29, 0.717) is 0 Å². The molecule has 2 N–H and O–H groups in total. The van der Waals surface area contributed by atoms with E-state index in [1.165, 1.54) is 6.92 Å². The van der Waals surface area contributed by atoms with Gasteiger partial charge in [-0.05, 0) is 24.5 Å². The lowest BCUT2D eigenvalue weighted by atomic mass is 9.96. The van der Waals surface area contributed by atoms with Gasteiger partial charge in [0, 0.05) is 6.92 Å². The molecular weight excluding hydrogens is 166 g/mol. The van der Waals surface area contributed by atoms with Crippen LogP contribution in [0.3, 0.4) is 0 Å². The van der Waals surface area contributed by atoms with Gasteiger partial charge in [-0.15, -0.1) is 0 Å². The fraction of sp³-hybridized carbons (Fsp3) is 0.500. The molecule has 0 saturated carbocycles. The highest BCUT2D eigenvalue weighted by atomic mass is 16.3. The van der Waals surface area contributed by atoms with Gasteiger partial charge in [0.05, 0.1) is 12.6 Å². The highest BCUT2D eigenvalue weighted by Crippen LogP contribution is 2.17. The Morgan fingerprint density at radius 3 is 3.00 bits per heavy atom. The van der Waals surface area contributed by atoms with Crippen molar-refractivity contribution in [2.45, 2.75) is 26.3 Å². The van der Waals surface area contributed by atoms with Crippen molar-refractivity contribution >= 4 is 5.91 Å². The molecule has 3 nitrogen and oxygen atoms in total. The van der Waals surface area contributed by atoms with Crippen LogP contribution in [0.4, 0.5) is 0 Å². The smallest absolute Gasteiger partial charge is 0.217 e. The third kappa shape index (κ3) is 2.70. The number of rotatable bonds is 2. The molecule has 0 aromatic heterocycles. The average molecular weight is 181 g/mol. The third-order valence-corrected chi connectivity index (χ3v) is 2.15. The SMILES string of the molecule is CC(=O)NC1C=C(CO)C(C)=CC1. The lowest BCUT2D eigenvalue weighted by Crippen LogP contribution is -2.32. The van der Waals surface area contributed by atoms with Crippen LogP contribution in [0.2, 0.25) is 0 Å². The fourth-order valence-corrected chi connectivity index (χ4v) is 1.42. The van der Waals surface area contributed by atoms with Crippen LogP contribution in [0.5, 0.6) is 0 Å². The van der Waals surface area contributed by atoms with E-state index >= 15 is 0 Å². The van der Waals surface area contributed by atoms with Gasteiger partial charge >= 0.3 is 0 Å². The number of nitrogens with one attached hydrogen (secondary N) is 1. The first-order chi connectivity index (χ1) is 6.13. The Hall–Kier alpha value is -1.09. The molecule has 0 aromatic rings. The number of hydrogen-bond donors (Lipinski definition) is 2. The van der Waals surface area contributed by atoms with Crippen molar-refractivity contribution in [3.05, 3.63) is 23.3 Å². The first kappa shape index (κ1) is 9.99. The van der Waals surface area contributed by atoms with E-state index in [1.807, 2.05) is 19.1 Å². The summed E-state index contributed by atoms with van der Waals surface area (Å²) < 4.78 is 0. The van der Waals surface area contributed by atoms with Crippen LogP contribution >= 0.6 is 0 Å². The third-order valence-electron chi connectivity index (χ3n) is 2.15. The zero-order valence-electron chi connectivity index (χ0n) is 8.00. The van der Waals surface area contributed by atoms with Crippen molar-refractivity contribution in [3.8, 4) is 0 Å². The molecule has 1 amide bonds. The van der Waals surface area contributed by atoms with Gasteiger partial charge in [-0.2, -0.15) is 0 Å². The second-order valence-electron chi connectivity index (χ2n) is 3.28. The Morgan fingerprint density at radius 2 is 2.46 bits per heavy atom. The molecule has 0 saturated heterocycles. The van der Waals surface area contributed by atoms with Crippen LogP contribution in [-0.4, -0.2) is 23.7 Å². The number of amides is 1. The molecule has 1 unspecified atom stereocenters. The van der Waals surface area contributed by atoms with Crippen LogP contribution in [-0.2, 0) is 4.79 Å². The lowest BCUT2D eigenvalue weighted by Gasteiger charge is -2.19. The maximum absolute atomic E-state index is 10.8. The molecule has 0 spiro atoms. The van der Waals surface area contributed by atoms with E-state index in [1.54, 1.807) is 0 Å². The van der Waals surface area contributed by atoms with Crippen molar-refractivity contribution in [2.75, 3.05) is 6.61 Å². The summed E-state index contributed by atoms with van der Waals surface area (Å²) in [6.07, 6.45) is 4.76. The minimum atomic E-state index is -0.0357. The summed E-state index contributed by atoms with van der Waals surface area (Å²) in [4.78, 5) is 10.8. The Balaban J connectivity index is 2.65. The Kier molecular flexibility index (Phi) is 3.25. The second kappa shape index (κ2) is 4.23. The predicted molar refractivity (Wildman–Crippen MR) is 51.1 cm³/mol. The summed E-state index contributed by atoms with van der Waals surface area (Å²) in [6.45, 7) is 3.50. The second-order valence-corrected chi connectivity index (χ2v) is 3.28. The number of aliphatic hydroxyl groups is 1. The summed E-state index contributed by atoms with van der Waals surface area (Å²) in [5, 5.41) is 11.8. The average Bonchev–Trinajstić information content (AvgIpc) is 2.07. The molecule has 0 aromatic carbocycles. The molecular formula is C10H15NO2. The number of carbonyl (C=O) groups excluding carboxylic acids is 1. The number of hydrogen-bond acceptors (Lipinski definition) is 2. The molecule has 72 valence electrons. The van der Waals surface area contributed by atoms with Crippen LogP contribution in [0.1, 0.15) is 20.3 Å². The van der Waals surface area contributed by atoms with E-state index in [9.17, 15) is 4.79 Å². The van der Waals surface area contributed by atoms with Crippen molar-refractivity contribution in [2.24, 2.45) is 0 Å². The largest absolute Gasteiger partial charge is 0.392 e. The summed E-state index contributed by atoms with van der Waals surface area (Å²) in [6, 6.07) is 0.0448. The molecule has 0 aliphatic heterocycles. The van der Waals surface area contributed by atoms with Crippen molar-refractivity contribution in [1.29, 1.82) is 0 Å². The maximum Gasteiger partial charge on any atom is 0.217 e. The summed E-state index contributed by atoms with van der Waals surface area (Å²) in [5.74, 6) is -0.0357. The van der Waals surface area contributed by atoms with E-state index in [-0.39, 0.29) is 18.6 Å². The molecule has 0 radical (unpaired) electrons. The van der Waals surface area contributed by atoms with Crippen molar-refractivity contribution < 1.29 is 9.90 Å². The summed E-state index contributed by atoms with van der Waals surface area (Å²) in [5.41, 5.74) is 2.01. The van der Waals surface area contributed by atoms with E-state index in [0.717, 1.165) is 17.6 Å². The number of aliphatic hydroxyl groups excluding tert-OH is 1. The van der Waals surface area contributed by atoms with Crippen LogP contribution in [0.15, 0.2) is 23.3 Å². The lowest BCUT2D eigenvalue weighted by molar-refractivity contribution is -0.119. The number of carbonyl (C=O) groups is 1. The van der Waals surface area contributed by atoms with Gasteiger partial charge in [-0.1, -0.05) is 12.2 Å². The van der Waals surface area contributed by atoms with Gasteiger partial charge < -0.3 is 10.4 Å². The quantitative estimate of drug-likeness (QED) is 0.660. The molecule has 1 rings (SSSR count). The molecule has 0 bridgehead atoms. The van der Waals surface area contributed by atoms with Crippen molar-refractivity contribution in [1.82, 2.24) is 5.32 Å². The summed E-state index contributed by atoms with van der Waals surface area (Å²) >= 11 is 0. The Labute approximate surface area is 78.1 Å². The minimum absolute atomic E-state index is 0.0357. The first-order valence-electron chi connectivity index (χ1n) is 4.39. The van der Waals surface area contributed by atoms with E-state index in [4.69, 9.17) is 5.11 Å². The molecule has 1 aliphatic rings. The Bertz CT molecular complexity index is 266. The van der Waals surface area contributed by atoms with Gasteiger partial charge in [-0.3, -0.25) is 4.79 Å². The molecule has 3 heteroatoms. The highest BCUT2D eigenvalue weighted by Gasteiger charge is 2.12. The minimum Gasteiger partial charge on any atom is -0.392 e. The molecule has 0 fully saturated rings. The van der Waals surface area contributed by atoms with Gasteiger partial charge in [0.25, 0.3) is 0 Å². The highest BCUT2D eigenvalue weighted by molar-refractivity contribution is 5.73. The van der Waals surface area contributed by atoms with Crippen LogP contribution in [0, 0.1) is 0 Å². The monoisotopic (exact) mass is 181 g/mol. The molecule has 1 atom stereocenters. The maximum atomic E-state index is 10.8. The topological polar surface area (TPSA) is 49.3 Å². The van der Waals surface area contributed by atoms with Gasteiger partial charge in [0.15, 0.2) is 0 Å². The normalized spacial score (nSPS) is 21.9.